The summed E-state index contributed by atoms with van der Waals surface area (Å²) in [5, 5.41) is 0. The van der Waals surface area contributed by atoms with Gasteiger partial charge in [0, 0.05) is 12.1 Å². The molecule has 0 amide bonds. The maximum atomic E-state index is 5.88. The number of ether oxygens (including phenoxy) is 1. The number of nitrogens with zero attached hydrogens (tertiary/aromatic N) is 2. The van der Waals surface area contributed by atoms with Crippen LogP contribution >= 0.6 is 0 Å². The normalized spacial score (nSPS) is 10.6. The summed E-state index contributed by atoms with van der Waals surface area (Å²) in [6, 6.07) is 16.5. The van der Waals surface area contributed by atoms with Crippen LogP contribution in [0.2, 0.25) is 0 Å². The van der Waals surface area contributed by atoms with Crippen LogP contribution in [0.4, 0.5) is 0 Å². The quantitative estimate of drug-likeness (QED) is 0.694. The van der Waals surface area contributed by atoms with Crippen LogP contribution in [0.1, 0.15) is 18.1 Å². The Morgan fingerprint density at radius 2 is 1.82 bits per heavy atom. The summed E-state index contributed by atoms with van der Waals surface area (Å²) in [7, 11) is 0. The molecule has 0 spiro atoms. The smallest absolute Gasteiger partial charge is 0.119 e. The molecule has 0 aliphatic rings. The predicted octanol–water partition coefficient (Wildman–Crippen LogP) is 4.46. The van der Waals surface area contributed by atoms with Crippen LogP contribution in [0.3, 0.4) is 0 Å². The third kappa shape index (κ3) is 3.03. The average Bonchev–Trinajstić information content (AvgIpc) is 3.03. The second kappa shape index (κ2) is 6.48. The van der Waals surface area contributed by atoms with Crippen LogP contribution in [0.5, 0.6) is 5.75 Å². The Bertz CT molecular complexity index is 744. The van der Waals surface area contributed by atoms with Crippen molar-refractivity contribution in [1.82, 2.24) is 9.55 Å². The van der Waals surface area contributed by atoms with Crippen LogP contribution in [-0.2, 0) is 13.2 Å². The highest BCUT2D eigenvalue weighted by molar-refractivity contribution is 5.59. The average molecular weight is 292 g/mol. The molecule has 0 bridgehead atoms. The van der Waals surface area contributed by atoms with Gasteiger partial charge < -0.3 is 9.30 Å². The third-order valence-corrected chi connectivity index (χ3v) is 3.86. The van der Waals surface area contributed by atoms with Gasteiger partial charge in [0.15, 0.2) is 0 Å². The number of rotatable bonds is 5. The molecule has 0 N–H and O–H groups in total. The fraction of sp³-hybridized carbons (Fsp3) is 0.211. The second-order valence-corrected chi connectivity index (χ2v) is 5.30. The van der Waals surface area contributed by atoms with Crippen LogP contribution < -0.4 is 4.74 Å². The zero-order chi connectivity index (χ0) is 15.4. The zero-order valence-electron chi connectivity index (χ0n) is 13.0. The lowest BCUT2D eigenvalue weighted by Crippen LogP contribution is -1.98. The van der Waals surface area contributed by atoms with E-state index in [1.54, 1.807) is 0 Å². The molecule has 3 rings (SSSR count). The van der Waals surface area contributed by atoms with E-state index in [2.05, 4.69) is 47.7 Å². The minimum absolute atomic E-state index is 0.596. The van der Waals surface area contributed by atoms with Gasteiger partial charge >= 0.3 is 0 Å². The Hall–Kier alpha value is -2.55. The summed E-state index contributed by atoms with van der Waals surface area (Å²) in [5.41, 5.74) is 4.76. The highest BCUT2D eigenvalue weighted by Gasteiger charge is 2.04. The van der Waals surface area contributed by atoms with Crippen molar-refractivity contribution in [2.24, 2.45) is 0 Å². The van der Waals surface area contributed by atoms with Crippen molar-refractivity contribution in [3.8, 4) is 17.0 Å². The van der Waals surface area contributed by atoms with E-state index < -0.39 is 0 Å². The van der Waals surface area contributed by atoms with E-state index in [1.807, 2.05) is 36.8 Å². The first kappa shape index (κ1) is 14.4. The molecule has 0 saturated heterocycles. The molecule has 3 nitrogen and oxygen atoms in total. The highest BCUT2D eigenvalue weighted by Crippen LogP contribution is 2.23. The largest absolute Gasteiger partial charge is 0.489 e. The molecule has 1 heterocycles. The topological polar surface area (TPSA) is 27.1 Å². The van der Waals surface area contributed by atoms with E-state index in [4.69, 9.17) is 4.74 Å². The molecular formula is C19H20N2O. The van der Waals surface area contributed by atoms with Crippen molar-refractivity contribution >= 4 is 0 Å². The molecule has 0 saturated carbocycles. The predicted molar refractivity (Wildman–Crippen MR) is 88.8 cm³/mol. The molecule has 0 radical (unpaired) electrons. The maximum Gasteiger partial charge on any atom is 0.119 e. The van der Waals surface area contributed by atoms with Crippen molar-refractivity contribution in [3.05, 3.63) is 72.2 Å². The fourth-order valence-corrected chi connectivity index (χ4v) is 2.47. The Kier molecular flexibility index (Phi) is 4.24. The van der Waals surface area contributed by atoms with E-state index in [9.17, 15) is 0 Å². The summed E-state index contributed by atoms with van der Waals surface area (Å²) in [4.78, 5) is 4.21. The third-order valence-electron chi connectivity index (χ3n) is 3.86. The lowest BCUT2D eigenvalue weighted by Gasteiger charge is -2.10. The minimum Gasteiger partial charge on any atom is -0.489 e. The van der Waals surface area contributed by atoms with Gasteiger partial charge in [-0.25, -0.2) is 4.98 Å². The van der Waals surface area contributed by atoms with Gasteiger partial charge in [-0.05, 0) is 49.2 Å². The minimum atomic E-state index is 0.596. The molecule has 0 aliphatic carbocycles. The molecular weight excluding hydrogens is 272 g/mol. The van der Waals surface area contributed by atoms with Gasteiger partial charge in [0.05, 0.1) is 18.2 Å². The van der Waals surface area contributed by atoms with Crippen LogP contribution in [-0.4, -0.2) is 9.55 Å². The standard InChI is InChI=1S/C19H20N2O/c1-3-21-14-20-12-19(21)16-8-10-18(11-9-16)22-13-17-7-5-4-6-15(17)2/h4-12,14H,3,13H2,1-2H3. The molecule has 3 heteroatoms. The van der Waals surface area contributed by atoms with Crippen molar-refractivity contribution < 1.29 is 4.74 Å². The number of benzene rings is 2. The lowest BCUT2D eigenvalue weighted by molar-refractivity contribution is 0.305. The molecule has 112 valence electrons. The van der Waals surface area contributed by atoms with Crippen LogP contribution in [0, 0.1) is 6.92 Å². The Labute approximate surface area is 131 Å². The van der Waals surface area contributed by atoms with E-state index >= 15 is 0 Å². The monoisotopic (exact) mass is 292 g/mol. The number of hydrogen-bond donors (Lipinski definition) is 0. The van der Waals surface area contributed by atoms with Crippen molar-refractivity contribution in [2.45, 2.75) is 27.0 Å². The SMILES string of the molecule is CCn1cncc1-c1ccc(OCc2ccccc2C)cc1. The van der Waals surface area contributed by atoms with Gasteiger partial charge in [0.1, 0.15) is 12.4 Å². The number of hydrogen-bond acceptors (Lipinski definition) is 2. The van der Waals surface area contributed by atoms with E-state index in [0.717, 1.165) is 23.6 Å². The second-order valence-electron chi connectivity index (χ2n) is 5.30. The first-order valence-corrected chi connectivity index (χ1v) is 7.56. The summed E-state index contributed by atoms with van der Waals surface area (Å²) < 4.78 is 8.01. The fourth-order valence-electron chi connectivity index (χ4n) is 2.47. The summed E-state index contributed by atoms with van der Waals surface area (Å²) in [5.74, 6) is 0.884. The first-order chi connectivity index (χ1) is 10.8. The highest BCUT2D eigenvalue weighted by atomic mass is 16.5. The summed E-state index contributed by atoms with van der Waals surface area (Å²) in [6.07, 6.45) is 3.75. The summed E-state index contributed by atoms with van der Waals surface area (Å²) >= 11 is 0. The number of aromatic nitrogens is 2. The lowest BCUT2D eigenvalue weighted by atomic mass is 10.1. The Morgan fingerprint density at radius 3 is 2.55 bits per heavy atom. The number of imidazole rings is 1. The van der Waals surface area contributed by atoms with Gasteiger partial charge in [0.2, 0.25) is 0 Å². The molecule has 0 aliphatic heterocycles. The molecule has 0 fully saturated rings. The van der Waals surface area contributed by atoms with Crippen LogP contribution in [0.15, 0.2) is 61.1 Å². The maximum absolute atomic E-state index is 5.88. The summed E-state index contributed by atoms with van der Waals surface area (Å²) in [6.45, 7) is 5.73. The van der Waals surface area contributed by atoms with Gasteiger partial charge in [-0.1, -0.05) is 24.3 Å². The Morgan fingerprint density at radius 1 is 1.05 bits per heavy atom. The molecule has 3 aromatic rings. The zero-order valence-corrected chi connectivity index (χ0v) is 13.0. The van der Waals surface area contributed by atoms with Crippen LogP contribution in [0.25, 0.3) is 11.3 Å². The van der Waals surface area contributed by atoms with E-state index in [1.165, 1.54) is 11.1 Å². The van der Waals surface area contributed by atoms with Crippen molar-refractivity contribution in [1.29, 1.82) is 0 Å². The van der Waals surface area contributed by atoms with Crippen molar-refractivity contribution in [2.75, 3.05) is 0 Å². The van der Waals surface area contributed by atoms with Gasteiger partial charge in [-0.15, -0.1) is 0 Å². The van der Waals surface area contributed by atoms with Gasteiger partial charge in [0.25, 0.3) is 0 Å². The molecule has 22 heavy (non-hydrogen) atoms. The van der Waals surface area contributed by atoms with Crippen molar-refractivity contribution in [3.63, 3.8) is 0 Å². The first-order valence-electron chi connectivity index (χ1n) is 7.56. The van der Waals surface area contributed by atoms with E-state index in [0.29, 0.717) is 6.61 Å². The molecule has 0 unspecified atom stereocenters. The molecule has 0 atom stereocenters. The number of aryl methyl sites for hydroxylation is 2. The Balaban J connectivity index is 1.71. The van der Waals surface area contributed by atoms with E-state index in [-0.39, 0.29) is 0 Å². The molecule has 2 aromatic carbocycles. The van der Waals surface area contributed by atoms with Gasteiger partial charge in [-0.2, -0.15) is 0 Å². The molecule has 1 aromatic heterocycles. The van der Waals surface area contributed by atoms with Gasteiger partial charge in [-0.3, -0.25) is 0 Å².